The molecule has 2 aliphatic rings. The van der Waals surface area contributed by atoms with Crippen molar-refractivity contribution in [2.45, 2.75) is 19.4 Å². The molecule has 1 amide bonds. The van der Waals surface area contributed by atoms with Gasteiger partial charge in [-0.15, -0.1) is 0 Å². The molecule has 1 atom stereocenters. The highest BCUT2D eigenvalue weighted by molar-refractivity contribution is 6.10. The van der Waals surface area contributed by atoms with Gasteiger partial charge >= 0.3 is 5.97 Å². The number of morpholine rings is 1. The molecule has 2 aromatic rings. The number of carboxylic acids is 1. The molecule has 1 N–H and O–H groups in total. The van der Waals surface area contributed by atoms with Crippen LogP contribution in [0.25, 0.3) is 0 Å². The van der Waals surface area contributed by atoms with Gasteiger partial charge in [-0.2, -0.15) is 0 Å². The highest BCUT2D eigenvalue weighted by Gasteiger charge is 2.29. The van der Waals surface area contributed by atoms with Crippen LogP contribution in [0.2, 0.25) is 0 Å². The SMILES string of the molecule is CC(C(=O)O)c1ccc(N2Cc3cc(N4CCOCC4)ccc3C2=O)cc1. The Morgan fingerprint density at radius 2 is 1.74 bits per heavy atom. The Labute approximate surface area is 158 Å². The third kappa shape index (κ3) is 3.28. The number of hydrogen-bond acceptors (Lipinski definition) is 4. The van der Waals surface area contributed by atoms with Crippen LogP contribution in [0.1, 0.15) is 34.3 Å². The van der Waals surface area contributed by atoms with Crippen LogP contribution in [0.15, 0.2) is 42.5 Å². The molecule has 6 nitrogen and oxygen atoms in total. The fraction of sp³-hybridized carbons (Fsp3) is 0.333. The fourth-order valence-corrected chi connectivity index (χ4v) is 3.62. The Morgan fingerprint density at radius 3 is 2.41 bits per heavy atom. The van der Waals surface area contributed by atoms with Gasteiger partial charge in [0.2, 0.25) is 0 Å². The molecule has 2 heterocycles. The van der Waals surface area contributed by atoms with Crippen LogP contribution < -0.4 is 9.80 Å². The number of fused-ring (bicyclic) bond motifs is 1. The predicted molar refractivity (Wildman–Crippen MR) is 102 cm³/mol. The van der Waals surface area contributed by atoms with E-state index in [0.717, 1.165) is 54.4 Å². The number of carbonyl (C=O) groups is 2. The second kappa shape index (κ2) is 7.04. The lowest BCUT2D eigenvalue weighted by molar-refractivity contribution is -0.138. The van der Waals surface area contributed by atoms with E-state index in [1.807, 2.05) is 24.3 Å². The van der Waals surface area contributed by atoms with Crippen molar-refractivity contribution in [2.24, 2.45) is 0 Å². The summed E-state index contributed by atoms with van der Waals surface area (Å²) in [6.07, 6.45) is 0. The van der Waals surface area contributed by atoms with E-state index in [0.29, 0.717) is 6.54 Å². The third-order valence-electron chi connectivity index (χ3n) is 5.34. The Balaban J connectivity index is 1.55. The monoisotopic (exact) mass is 366 g/mol. The molecule has 0 aliphatic carbocycles. The molecular formula is C21H22N2O4. The van der Waals surface area contributed by atoms with Gasteiger partial charge in [0.05, 0.1) is 25.7 Å². The topological polar surface area (TPSA) is 70.1 Å². The van der Waals surface area contributed by atoms with Crippen LogP contribution in [-0.2, 0) is 16.1 Å². The number of benzene rings is 2. The maximum atomic E-state index is 12.8. The minimum Gasteiger partial charge on any atom is -0.481 e. The van der Waals surface area contributed by atoms with Crippen molar-refractivity contribution < 1.29 is 19.4 Å². The lowest BCUT2D eigenvalue weighted by Crippen LogP contribution is -2.36. The van der Waals surface area contributed by atoms with Crippen molar-refractivity contribution in [3.63, 3.8) is 0 Å². The second-order valence-electron chi connectivity index (χ2n) is 6.98. The molecule has 0 radical (unpaired) electrons. The van der Waals surface area contributed by atoms with Crippen molar-refractivity contribution >= 4 is 23.3 Å². The number of carboxylic acid groups (broad SMARTS) is 1. The minimum absolute atomic E-state index is 0.0161. The molecule has 6 heteroatoms. The molecule has 0 saturated carbocycles. The first-order chi connectivity index (χ1) is 13.0. The number of carbonyl (C=O) groups excluding carboxylic acids is 1. The molecule has 2 aliphatic heterocycles. The van der Waals surface area contributed by atoms with Crippen LogP contribution >= 0.6 is 0 Å². The fourth-order valence-electron chi connectivity index (χ4n) is 3.62. The highest BCUT2D eigenvalue weighted by Crippen LogP contribution is 2.32. The van der Waals surface area contributed by atoms with Crippen molar-refractivity contribution in [3.05, 3.63) is 59.2 Å². The first-order valence-electron chi connectivity index (χ1n) is 9.15. The van der Waals surface area contributed by atoms with Crippen LogP contribution in [0.3, 0.4) is 0 Å². The van der Waals surface area contributed by atoms with E-state index < -0.39 is 11.9 Å². The van der Waals surface area contributed by atoms with Crippen LogP contribution in [0.5, 0.6) is 0 Å². The number of aliphatic carboxylic acids is 1. The quantitative estimate of drug-likeness (QED) is 0.901. The van der Waals surface area contributed by atoms with Gasteiger partial charge in [-0.3, -0.25) is 9.59 Å². The molecule has 27 heavy (non-hydrogen) atoms. The Bertz CT molecular complexity index is 872. The Morgan fingerprint density at radius 1 is 1.07 bits per heavy atom. The summed E-state index contributed by atoms with van der Waals surface area (Å²) >= 11 is 0. The van der Waals surface area contributed by atoms with E-state index in [-0.39, 0.29) is 5.91 Å². The van der Waals surface area contributed by atoms with Gasteiger partial charge in [0, 0.05) is 30.0 Å². The molecule has 1 unspecified atom stereocenters. The number of nitrogens with zero attached hydrogens (tertiary/aromatic N) is 2. The zero-order valence-electron chi connectivity index (χ0n) is 15.2. The third-order valence-corrected chi connectivity index (χ3v) is 5.34. The maximum Gasteiger partial charge on any atom is 0.310 e. The highest BCUT2D eigenvalue weighted by atomic mass is 16.5. The molecule has 4 rings (SSSR count). The lowest BCUT2D eigenvalue weighted by atomic mass is 10.0. The van der Waals surface area contributed by atoms with Crippen LogP contribution in [0, 0.1) is 0 Å². The van der Waals surface area contributed by atoms with Crippen LogP contribution in [0.4, 0.5) is 11.4 Å². The summed E-state index contributed by atoms with van der Waals surface area (Å²) in [7, 11) is 0. The standard InChI is InChI=1S/C21H22N2O4/c1-14(21(25)26)15-2-4-17(5-3-15)23-13-16-12-18(6-7-19(16)20(23)24)22-8-10-27-11-9-22/h2-7,12,14H,8-11,13H2,1H3,(H,25,26). The van der Waals surface area contributed by atoms with Gasteiger partial charge in [-0.25, -0.2) is 0 Å². The number of ether oxygens (including phenoxy) is 1. The Kier molecular flexibility index (Phi) is 4.58. The summed E-state index contributed by atoms with van der Waals surface area (Å²) in [5.41, 5.74) is 4.38. The molecule has 2 aromatic carbocycles. The number of amides is 1. The zero-order valence-corrected chi connectivity index (χ0v) is 15.2. The predicted octanol–water partition coefficient (Wildman–Crippen LogP) is 2.87. The Hall–Kier alpha value is -2.86. The van der Waals surface area contributed by atoms with Gasteiger partial charge in [-0.05, 0) is 48.4 Å². The van der Waals surface area contributed by atoms with E-state index in [2.05, 4.69) is 11.0 Å². The summed E-state index contributed by atoms with van der Waals surface area (Å²) in [6, 6.07) is 13.2. The van der Waals surface area contributed by atoms with E-state index in [9.17, 15) is 9.59 Å². The molecule has 0 spiro atoms. The van der Waals surface area contributed by atoms with E-state index in [1.165, 1.54) is 0 Å². The van der Waals surface area contributed by atoms with Gasteiger partial charge in [0.1, 0.15) is 0 Å². The number of hydrogen-bond donors (Lipinski definition) is 1. The molecule has 0 bridgehead atoms. The smallest absolute Gasteiger partial charge is 0.310 e. The zero-order chi connectivity index (χ0) is 19.0. The van der Waals surface area contributed by atoms with Gasteiger partial charge in [-0.1, -0.05) is 12.1 Å². The normalized spacial score (nSPS) is 17.7. The number of anilines is 2. The molecular weight excluding hydrogens is 344 g/mol. The summed E-state index contributed by atoms with van der Waals surface area (Å²) < 4.78 is 5.41. The van der Waals surface area contributed by atoms with Gasteiger partial charge in [0.25, 0.3) is 5.91 Å². The van der Waals surface area contributed by atoms with Gasteiger partial charge < -0.3 is 19.6 Å². The van der Waals surface area contributed by atoms with E-state index >= 15 is 0 Å². The minimum atomic E-state index is -0.858. The first-order valence-corrected chi connectivity index (χ1v) is 9.15. The van der Waals surface area contributed by atoms with Gasteiger partial charge in [0.15, 0.2) is 0 Å². The van der Waals surface area contributed by atoms with E-state index in [1.54, 1.807) is 24.0 Å². The molecule has 0 aromatic heterocycles. The van der Waals surface area contributed by atoms with Crippen molar-refractivity contribution in [2.75, 3.05) is 36.1 Å². The largest absolute Gasteiger partial charge is 0.481 e. The first kappa shape index (κ1) is 17.5. The van der Waals surface area contributed by atoms with Crippen molar-refractivity contribution in [1.82, 2.24) is 0 Å². The average molecular weight is 366 g/mol. The van der Waals surface area contributed by atoms with Crippen LogP contribution in [-0.4, -0.2) is 43.3 Å². The van der Waals surface area contributed by atoms with Crippen molar-refractivity contribution in [3.8, 4) is 0 Å². The summed E-state index contributed by atoms with van der Waals surface area (Å²) in [6.45, 7) is 5.35. The summed E-state index contributed by atoms with van der Waals surface area (Å²) in [5, 5.41) is 9.13. The average Bonchev–Trinajstić information content (AvgIpc) is 3.04. The molecule has 1 fully saturated rings. The molecule has 140 valence electrons. The van der Waals surface area contributed by atoms with E-state index in [4.69, 9.17) is 9.84 Å². The number of rotatable bonds is 4. The maximum absolute atomic E-state index is 12.8. The lowest BCUT2D eigenvalue weighted by Gasteiger charge is -2.29. The summed E-state index contributed by atoms with van der Waals surface area (Å²) in [4.78, 5) is 28.0. The second-order valence-corrected chi connectivity index (χ2v) is 6.98. The molecule has 1 saturated heterocycles. The summed E-state index contributed by atoms with van der Waals surface area (Å²) in [5.74, 6) is -1.44. The van der Waals surface area contributed by atoms with Crippen molar-refractivity contribution in [1.29, 1.82) is 0 Å².